The number of benzene rings is 1. The lowest BCUT2D eigenvalue weighted by atomic mass is 10.1. The third-order valence-electron chi connectivity index (χ3n) is 2.46. The number of halogens is 2. The van der Waals surface area contributed by atoms with Crippen LogP contribution in [0.3, 0.4) is 0 Å². The maximum atomic E-state index is 13.3. The van der Waals surface area contributed by atoms with Crippen molar-refractivity contribution in [3.8, 4) is 0 Å². The van der Waals surface area contributed by atoms with Gasteiger partial charge in [0.15, 0.2) is 0 Å². The number of hydrogen-bond acceptors (Lipinski definition) is 3. The molecule has 3 N–H and O–H groups in total. The van der Waals surface area contributed by atoms with Gasteiger partial charge in [0.1, 0.15) is 5.82 Å². The number of hydrogen-bond donors (Lipinski definition) is 2. The Morgan fingerprint density at radius 3 is 2.65 bits per heavy atom. The van der Waals surface area contributed by atoms with Gasteiger partial charge in [0.2, 0.25) is 0 Å². The van der Waals surface area contributed by atoms with Gasteiger partial charge in [-0.2, -0.15) is 0 Å². The lowest BCUT2D eigenvalue weighted by Crippen LogP contribution is -2.16. The van der Waals surface area contributed by atoms with Gasteiger partial charge in [0.05, 0.1) is 11.1 Å². The molecule has 1 aromatic heterocycles. The summed E-state index contributed by atoms with van der Waals surface area (Å²) in [6.07, 6.45) is 2.93. The zero-order chi connectivity index (χ0) is 14.7. The smallest absolute Gasteiger partial charge is 0.257 e. The van der Waals surface area contributed by atoms with Gasteiger partial charge in [-0.3, -0.25) is 14.6 Å². The molecular weight excluding hydrogens is 329 g/mol. The molecule has 0 fully saturated rings. The van der Waals surface area contributed by atoms with Gasteiger partial charge in [0, 0.05) is 22.6 Å². The van der Waals surface area contributed by atoms with E-state index < -0.39 is 17.6 Å². The summed E-state index contributed by atoms with van der Waals surface area (Å²) < 4.78 is 14.0. The van der Waals surface area contributed by atoms with Gasteiger partial charge in [-0.25, -0.2) is 4.39 Å². The van der Waals surface area contributed by atoms with Crippen molar-refractivity contribution in [3.05, 3.63) is 58.1 Å². The summed E-state index contributed by atoms with van der Waals surface area (Å²) in [7, 11) is 0. The van der Waals surface area contributed by atoms with Gasteiger partial charge in [-0.15, -0.1) is 0 Å². The van der Waals surface area contributed by atoms with Crippen molar-refractivity contribution >= 4 is 33.4 Å². The topological polar surface area (TPSA) is 85.1 Å². The highest BCUT2D eigenvalue weighted by Gasteiger charge is 2.12. The molecule has 0 saturated heterocycles. The molecule has 0 aliphatic heterocycles. The van der Waals surface area contributed by atoms with E-state index in [1.165, 1.54) is 18.3 Å². The Morgan fingerprint density at radius 1 is 1.25 bits per heavy atom. The van der Waals surface area contributed by atoms with Crippen molar-refractivity contribution in [2.75, 3.05) is 5.32 Å². The van der Waals surface area contributed by atoms with E-state index in [1.807, 2.05) is 0 Å². The first kappa shape index (κ1) is 14.1. The number of nitrogens with zero attached hydrogens (tertiary/aromatic N) is 1. The second kappa shape index (κ2) is 5.79. The molecule has 2 amide bonds. The zero-order valence-corrected chi connectivity index (χ0v) is 11.6. The summed E-state index contributed by atoms with van der Waals surface area (Å²) in [5, 5.41) is 2.53. The van der Waals surface area contributed by atoms with Crippen LogP contribution >= 0.6 is 15.9 Å². The minimum Gasteiger partial charge on any atom is -0.366 e. The van der Waals surface area contributed by atoms with Crippen LogP contribution in [0.4, 0.5) is 10.1 Å². The number of nitrogens with one attached hydrogen (secondary N) is 1. The number of rotatable bonds is 3. The Hall–Kier alpha value is -2.28. The molecule has 0 unspecified atom stereocenters. The fourth-order valence-electron chi connectivity index (χ4n) is 1.53. The van der Waals surface area contributed by atoms with E-state index in [1.54, 1.807) is 12.3 Å². The highest BCUT2D eigenvalue weighted by atomic mass is 79.9. The molecule has 20 heavy (non-hydrogen) atoms. The van der Waals surface area contributed by atoms with E-state index >= 15 is 0 Å². The number of nitrogens with two attached hydrogens (primary N) is 1. The molecule has 0 saturated carbocycles. The van der Waals surface area contributed by atoms with Crippen molar-refractivity contribution in [1.29, 1.82) is 0 Å². The Balaban J connectivity index is 2.24. The minimum atomic E-state index is -0.900. The average Bonchev–Trinajstić information content (AvgIpc) is 2.40. The molecular formula is C13H9BrFN3O2. The van der Waals surface area contributed by atoms with Crippen LogP contribution in [0, 0.1) is 5.82 Å². The van der Waals surface area contributed by atoms with Crippen LogP contribution in [-0.4, -0.2) is 16.8 Å². The van der Waals surface area contributed by atoms with Gasteiger partial charge < -0.3 is 11.1 Å². The van der Waals surface area contributed by atoms with Gasteiger partial charge >= 0.3 is 0 Å². The number of amides is 2. The first-order chi connectivity index (χ1) is 9.47. The minimum absolute atomic E-state index is 0.269. The maximum absolute atomic E-state index is 13.3. The van der Waals surface area contributed by atoms with Crippen LogP contribution in [0.5, 0.6) is 0 Å². The van der Waals surface area contributed by atoms with Crippen LogP contribution in [0.15, 0.2) is 41.1 Å². The summed E-state index contributed by atoms with van der Waals surface area (Å²) in [6.45, 7) is 0. The maximum Gasteiger partial charge on any atom is 0.257 e. The third kappa shape index (κ3) is 3.18. The molecule has 2 aromatic rings. The van der Waals surface area contributed by atoms with Crippen molar-refractivity contribution in [2.45, 2.75) is 0 Å². The van der Waals surface area contributed by atoms with Gasteiger partial charge in [-0.1, -0.05) is 0 Å². The van der Waals surface area contributed by atoms with Crippen LogP contribution in [-0.2, 0) is 0 Å². The third-order valence-corrected chi connectivity index (χ3v) is 2.89. The molecule has 2 rings (SSSR count). The summed E-state index contributed by atoms with van der Waals surface area (Å²) in [5.74, 6) is -2.07. The van der Waals surface area contributed by atoms with E-state index in [-0.39, 0.29) is 11.3 Å². The van der Waals surface area contributed by atoms with Crippen molar-refractivity contribution < 1.29 is 14.0 Å². The van der Waals surface area contributed by atoms with Crippen molar-refractivity contribution in [1.82, 2.24) is 4.98 Å². The predicted octanol–water partition coefficient (Wildman–Crippen LogP) is 2.33. The SMILES string of the molecule is NC(=O)c1cc(NC(=O)c2cncc(Br)c2)ccc1F. The summed E-state index contributed by atoms with van der Waals surface area (Å²) in [6, 6.07) is 5.17. The quantitative estimate of drug-likeness (QED) is 0.901. The number of pyridine rings is 1. The number of anilines is 1. The Morgan fingerprint density at radius 2 is 2.00 bits per heavy atom. The lowest BCUT2D eigenvalue weighted by Gasteiger charge is -2.07. The van der Waals surface area contributed by atoms with Crippen LogP contribution in [0.1, 0.15) is 20.7 Å². The monoisotopic (exact) mass is 337 g/mol. The first-order valence-electron chi connectivity index (χ1n) is 5.48. The zero-order valence-electron chi connectivity index (χ0n) is 10.1. The predicted molar refractivity (Wildman–Crippen MR) is 74.8 cm³/mol. The Kier molecular flexibility index (Phi) is 4.09. The highest BCUT2D eigenvalue weighted by molar-refractivity contribution is 9.10. The highest BCUT2D eigenvalue weighted by Crippen LogP contribution is 2.16. The molecule has 1 heterocycles. The number of aromatic nitrogens is 1. The van der Waals surface area contributed by atoms with Crippen LogP contribution < -0.4 is 11.1 Å². The molecule has 0 aliphatic carbocycles. The fraction of sp³-hybridized carbons (Fsp3) is 0. The van der Waals surface area contributed by atoms with Gasteiger partial charge in [-0.05, 0) is 40.2 Å². The van der Waals surface area contributed by atoms with E-state index in [0.29, 0.717) is 10.0 Å². The molecule has 102 valence electrons. The normalized spacial score (nSPS) is 10.1. The number of carbonyl (C=O) groups is 2. The molecule has 1 aromatic carbocycles. The van der Waals surface area contributed by atoms with Crippen LogP contribution in [0.25, 0.3) is 0 Å². The number of primary amides is 1. The summed E-state index contributed by atoms with van der Waals surface area (Å²) >= 11 is 3.20. The van der Waals surface area contributed by atoms with Crippen LogP contribution in [0.2, 0.25) is 0 Å². The van der Waals surface area contributed by atoms with Crippen molar-refractivity contribution in [2.24, 2.45) is 5.73 Å². The molecule has 0 atom stereocenters. The van der Waals surface area contributed by atoms with Gasteiger partial charge in [0.25, 0.3) is 11.8 Å². The molecule has 0 spiro atoms. The van der Waals surface area contributed by atoms with E-state index in [4.69, 9.17) is 5.73 Å². The second-order valence-corrected chi connectivity index (χ2v) is 4.82. The van der Waals surface area contributed by atoms with Crippen molar-refractivity contribution in [3.63, 3.8) is 0 Å². The average molecular weight is 338 g/mol. The molecule has 0 bridgehead atoms. The molecule has 0 aliphatic rings. The molecule has 7 heteroatoms. The molecule has 5 nitrogen and oxygen atoms in total. The second-order valence-electron chi connectivity index (χ2n) is 3.90. The summed E-state index contributed by atoms with van der Waals surface area (Å²) in [4.78, 5) is 26.8. The van der Waals surface area contributed by atoms with E-state index in [9.17, 15) is 14.0 Å². The lowest BCUT2D eigenvalue weighted by molar-refractivity contribution is 0.0992. The van der Waals surface area contributed by atoms with E-state index in [0.717, 1.165) is 6.07 Å². The largest absolute Gasteiger partial charge is 0.366 e. The molecule has 0 radical (unpaired) electrons. The number of carbonyl (C=O) groups excluding carboxylic acids is 2. The Labute approximate surface area is 122 Å². The fourth-order valence-corrected chi connectivity index (χ4v) is 1.90. The van der Waals surface area contributed by atoms with E-state index in [2.05, 4.69) is 26.2 Å². The standard InChI is InChI=1S/C13H9BrFN3O2/c14-8-3-7(5-17-6-8)13(20)18-9-1-2-11(15)10(4-9)12(16)19/h1-6H,(H2,16,19)(H,18,20). The Bertz CT molecular complexity index is 691. The summed E-state index contributed by atoms with van der Waals surface area (Å²) in [5.41, 5.74) is 5.35. The first-order valence-corrected chi connectivity index (χ1v) is 6.28.